The van der Waals surface area contributed by atoms with Crippen LogP contribution in [-0.2, 0) is 0 Å². The van der Waals surface area contributed by atoms with Crippen LogP contribution in [0.15, 0.2) is 15.3 Å². The molecule has 14 heavy (non-hydrogen) atoms. The Morgan fingerprint density at radius 2 is 2.07 bits per heavy atom. The molecule has 0 atom stereocenters. The molecule has 3 nitrogen and oxygen atoms in total. The summed E-state index contributed by atoms with van der Waals surface area (Å²) in [5.41, 5.74) is -0.701. The van der Waals surface area contributed by atoms with Gasteiger partial charge in [0.1, 0.15) is 9.63 Å². The van der Waals surface area contributed by atoms with Crippen LogP contribution >= 0.6 is 27.5 Å². The van der Waals surface area contributed by atoms with Gasteiger partial charge in [0.2, 0.25) is 11.3 Å². The number of pyridine rings is 1. The van der Waals surface area contributed by atoms with Crippen LogP contribution in [0.25, 0.3) is 0 Å². The molecule has 0 aromatic carbocycles. The van der Waals surface area contributed by atoms with Crippen molar-refractivity contribution in [3.63, 3.8) is 0 Å². The summed E-state index contributed by atoms with van der Waals surface area (Å²) in [4.78, 5) is 13.0. The van der Waals surface area contributed by atoms with Gasteiger partial charge < -0.3 is 9.72 Å². The highest BCUT2D eigenvalue weighted by Gasteiger charge is 2.31. The zero-order chi connectivity index (χ0) is 10.9. The Balaban J connectivity index is 3.08. The summed E-state index contributed by atoms with van der Waals surface area (Å²) < 4.78 is 38.5. The molecule has 1 rings (SSSR count). The molecule has 0 amide bonds. The van der Waals surface area contributed by atoms with Gasteiger partial charge in [-0.05, 0) is 15.9 Å². The van der Waals surface area contributed by atoms with Crippen molar-refractivity contribution in [2.45, 2.75) is 6.36 Å². The molecule has 0 aliphatic rings. The van der Waals surface area contributed by atoms with E-state index in [2.05, 4.69) is 20.7 Å². The molecule has 0 spiro atoms. The molecule has 0 bridgehead atoms. The minimum absolute atomic E-state index is 0.0475. The van der Waals surface area contributed by atoms with Gasteiger partial charge in [-0.1, -0.05) is 11.6 Å². The van der Waals surface area contributed by atoms with Crippen molar-refractivity contribution in [2.75, 3.05) is 0 Å². The first-order chi connectivity index (χ1) is 6.29. The number of halogens is 5. The third-order valence-corrected chi connectivity index (χ3v) is 2.43. The first-order valence-electron chi connectivity index (χ1n) is 3.13. The average Bonchev–Trinajstić information content (AvgIpc) is 1.96. The lowest BCUT2D eigenvalue weighted by Crippen LogP contribution is -2.19. The molecule has 1 N–H and O–H groups in total. The van der Waals surface area contributed by atoms with E-state index in [4.69, 9.17) is 11.6 Å². The summed E-state index contributed by atoms with van der Waals surface area (Å²) in [6.45, 7) is 0. The van der Waals surface area contributed by atoms with E-state index in [0.29, 0.717) is 6.07 Å². The largest absolute Gasteiger partial charge is 0.574 e. The van der Waals surface area contributed by atoms with Crippen LogP contribution in [0.5, 0.6) is 5.88 Å². The maximum atomic E-state index is 11.7. The fraction of sp³-hybridized carbons (Fsp3) is 0.167. The van der Waals surface area contributed by atoms with Crippen molar-refractivity contribution in [3.05, 3.63) is 25.9 Å². The van der Waals surface area contributed by atoms with Crippen LogP contribution in [0.2, 0.25) is 5.15 Å². The number of aromatic nitrogens is 1. The zero-order valence-electron chi connectivity index (χ0n) is 6.28. The zero-order valence-corrected chi connectivity index (χ0v) is 8.63. The first-order valence-corrected chi connectivity index (χ1v) is 4.31. The summed E-state index contributed by atoms with van der Waals surface area (Å²) in [6, 6.07) is 0.642. The lowest BCUT2D eigenvalue weighted by atomic mass is 10.5. The predicted octanol–water partition coefficient (Wildman–Crippen LogP) is 2.69. The van der Waals surface area contributed by atoms with Crippen LogP contribution < -0.4 is 10.2 Å². The third kappa shape index (κ3) is 2.91. The van der Waals surface area contributed by atoms with E-state index in [0.717, 1.165) is 0 Å². The van der Waals surface area contributed by atoms with E-state index in [-0.39, 0.29) is 9.63 Å². The monoisotopic (exact) mass is 291 g/mol. The molecular formula is C6H2BrClF3NO2. The van der Waals surface area contributed by atoms with Gasteiger partial charge in [-0.25, -0.2) is 0 Å². The predicted molar refractivity (Wildman–Crippen MR) is 46.5 cm³/mol. The smallest absolute Gasteiger partial charge is 0.390 e. The topological polar surface area (TPSA) is 42.1 Å². The molecule has 0 saturated heterocycles. The van der Waals surface area contributed by atoms with Gasteiger partial charge in [0, 0.05) is 6.07 Å². The highest BCUT2D eigenvalue weighted by atomic mass is 79.9. The number of H-pyrrole nitrogens is 1. The Labute approximate surface area is 89.0 Å². The Kier molecular flexibility index (Phi) is 3.10. The van der Waals surface area contributed by atoms with Crippen LogP contribution in [-0.4, -0.2) is 11.3 Å². The summed E-state index contributed by atoms with van der Waals surface area (Å²) in [6.07, 6.45) is -4.86. The molecule has 1 aromatic heterocycles. The Bertz CT molecular complexity index is 403. The van der Waals surface area contributed by atoms with Crippen LogP contribution in [0.4, 0.5) is 13.2 Å². The number of alkyl halides is 3. The van der Waals surface area contributed by atoms with E-state index in [9.17, 15) is 18.0 Å². The number of ether oxygens (including phenoxy) is 1. The standard InChI is InChI=1S/C6H2BrClF3NO2/c7-4-2(13)1-3(12-5(4)8)14-6(9,10)11/h1H,(H,12,13). The summed E-state index contributed by atoms with van der Waals surface area (Å²) >= 11 is 8.18. The number of hydrogen-bond donors (Lipinski definition) is 1. The lowest BCUT2D eigenvalue weighted by Gasteiger charge is -2.08. The van der Waals surface area contributed by atoms with Gasteiger partial charge in [0.15, 0.2) is 0 Å². The van der Waals surface area contributed by atoms with Crippen LogP contribution in [0.3, 0.4) is 0 Å². The minimum atomic E-state index is -4.86. The minimum Gasteiger partial charge on any atom is -0.390 e. The Morgan fingerprint density at radius 3 is 2.50 bits per heavy atom. The molecule has 0 radical (unpaired) electrons. The fourth-order valence-electron chi connectivity index (χ4n) is 0.669. The summed E-state index contributed by atoms with van der Waals surface area (Å²) in [7, 11) is 0. The number of hydrogen-bond acceptors (Lipinski definition) is 2. The summed E-state index contributed by atoms with van der Waals surface area (Å²) in [5, 5.41) is -0.253. The van der Waals surface area contributed by atoms with Crippen molar-refractivity contribution in [1.29, 1.82) is 0 Å². The van der Waals surface area contributed by atoms with Gasteiger partial charge in [-0.3, -0.25) is 4.79 Å². The molecule has 0 aliphatic heterocycles. The van der Waals surface area contributed by atoms with Crippen molar-refractivity contribution in [3.8, 4) is 5.88 Å². The van der Waals surface area contributed by atoms with Gasteiger partial charge in [-0.15, -0.1) is 13.2 Å². The third-order valence-electron chi connectivity index (χ3n) is 1.13. The maximum absolute atomic E-state index is 11.7. The summed E-state index contributed by atoms with van der Waals surface area (Å²) in [5.74, 6) is -0.754. The number of aromatic amines is 1. The van der Waals surface area contributed by atoms with Crippen molar-refractivity contribution < 1.29 is 17.9 Å². The van der Waals surface area contributed by atoms with E-state index < -0.39 is 17.7 Å². The second kappa shape index (κ2) is 3.82. The molecule has 78 valence electrons. The fourth-order valence-corrected chi connectivity index (χ4v) is 1.07. The maximum Gasteiger partial charge on any atom is 0.574 e. The molecule has 0 aliphatic carbocycles. The number of rotatable bonds is 1. The van der Waals surface area contributed by atoms with Crippen LogP contribution in [0.1, 0.15) is 0 Å². The molecular weight excluding hydrogens is 290 g/mol. The van der Waals surface area contributed by atoms with Gasteiger partial charge in [0.25, 0.3) is 0 Å². The molecule has 0 unspecified atom stereocenters. The Hall–Kier alpha value is -0.690. The molecule has 0 saturated carbocycles. The molecule has 0 fully saturated rings. The van der Waals surface area contributed by atoms with Crippen molar-refractivity contribution in [2.24, 2.45) is 0 Å². The second-order valence-corrected chi connectivity index (χ2v) is 3.34. The lowest BCUT2D eigenvalue weighted by molar-refractivity contribution is -0.276. The normalized spacial score (nSPS) is 11.5. The van der Waals surface area contributed by atoms with E-state index in [1.54, 1.807) is 0 Å². The molecule has 8 heteroatoms. The molecule has 1 heterocycles. The van der Waals surface area contributed by atoms with E-state index in [1.165, 1.54) is 0 Å². The van der Waals surface area contributed by atoms with Gasteiger partial charge >= 0.3 is 6.36 Å². The number of nitrogens with one attached hydrogen (secondary N) is 1. The van der Waals surface area contributed by atoms with Gasteiger partial charge in [0.05, 0.1) is 0 Å². The highest BCUT2D eigenvalue weighted by Crippen LogP contribution is 2.23. The quantitative estimate of drug-likeness (QED) is 0.809. The first kappa shape index (κ1) is 11.4. The van der Waals surface area contributed by atoms with Crippen LogP contribution in [0, 0.1) is 0 Å². The SMILES string of the molecule is O=c1cc(OC(F)(F)F)[nH]c(Cl)c1Br. The van der Waals surface area contributed by atoms with Crippen molar-refractivity contribution >= 4 is 27.5 Å². The highest BCUT2D eigenvalue weighted by molar-refractivity contribution is 9.10. The van der Waals surface area contributed by atoms with E-state index in [1.807, 2.05) is 4.98 Å². The van der Waals surface area contributed by atoms with Gasteiger partial charge in [-0.2, -0.15) is 0 Å². The van der Waals surface area contributed by atoms with E-state index >= 15 is 0 Å². The average molecular weight is 292 g/mol. The Morgan fingerprint density at radius 1 is 1.50 bits per heavy atom. The molecule has 1 aromatic rings. The second-order valence-electron chi connectivity index (χ2n) is 2.17. The van der Waals surface area contributed by atoms with Crippen molar-refractivity contribution in [1.82, 2.24) is 4.98 Å².